The van der Waals surface area contributed by atoms with Crippen LogP contribution in [0.5, 0.6) is 0 Å². The minimum atomic E-state index is -0.200. The number of amides is 1. The maximum atomic E-state index is 12.9. The van der Waals surface area contributed by atoms with Gasteiger partial charge in [0.2, 0.25) is 11.6 Å². The first-order valence-corrected chi connectivity index (χ1v) is 10.3. The van der Waals surface area contributed by atoms with Gasteiger partial charge in [0, 0.05) is 37.0 Å². The lowest BCUT2D eigenvalue weighted by atomic mass is 10.1. The summed E-state index contributed by atoms with van der Waals surface area (Å²) >= 11 is 0. The van der Waals surface area contributed by atoms with Crippen molar-refractivity contribution in [2.75, 3.05) is 0 Å². The predicted molar refractivity (Wildman–Crippen MR) is 111 cm³/mol. The van der Waals surface area contributed by atoms with Gasteiger partial charge in [-0.25, -0.2) is 0 Å². The van der Waals surface area contributed by atoms with Gasteiger partial charge in [0.1, 0.15) is 5.82 Å². The van der Waals surface area contributed by atoms with Crippen molar-refractivity contribution in [3.63, 3.8) is 0 Å². The van der Waals surface area contributed by atoms with Crippen LogP contribution in [0.25, 0.3) is 11.3 Å². The highest BCUT2D eigenvalue weighted by atomic mass is 16.1. The monoisotopic (exact) mass is 393 g/mol. The van der Waals surface area contributed by atoms with Crippen molar-refractivity contribution < 1.29 is 4.79 Å². The van der Waals surface area contributed by atoms with Crippen LogP contribution in [0.15, 0.2) is 35.4 Å². The Morgan fingerprint density at radius 2 is 1.93 bits per heavy atom. The van der Waals surface area contributed by atoms with E-state index in [1.807, 2.05) is 38.2 Å². The molecule has 1 aliphatic rings. The van der Waals surface area contributed by atoms with Crippen molar-refractivity contribution in [3.05, 3.63) is 57.9 Å². The van der Waals surface area contributed by atoms with Crippen molar-refractivity contribution >= 4 is 11.6 Å². The summed E-state index contributed by atoms with van der Waals surface area (Å²) in [5, 5.41) is 11.4. The number of aromatic nitrogens is 4. The van der Waals surface area contributed by atoms with Crippen LogP contribution in [0.4, 0.5) is 0 Å². The Morgan fingerprint density at radius 1 is 1.14 bits per heavy atom. The molecule has 7 heteroatoms. The van der Waals surface area contributed by atoms with Crippen molar-refractivity contribution in [1.82, 2.24) is 24.5 Å². The highest BCUT2D eigenvalue weighted by Crippen LogP contribution is 2.18. The Morgan fingerprint density at radius 3 is 2.69 bits per heavy atom. The first-order chi connectivity index (χ1) is 14.0. The molecule has 0 radical (unpaired) electrons. The van der Waals surface area contributed by atoms with Crippen LogP contribution in [0.3, 0.4) is 0 Å². The number of hydrogen-bond donors (Lipinski definition) is 1. The molecule has 3 aromatic rings. The van der Waals surface area contributed by atoms with Crippen LogP contribution in [0.1, 0.15) is 55.5 Å². The molecule has 1 saturated carbocycles. The maximum absolute atomic E-state index is 12.9. The summed E-state index contributed by atoms with van der Waals surface area (Å²) < 4.78 is 3.32. The van der Waals surface area contributed by atoms with E-state index in [2.05, 4.69) is 15.5 Å². The molecule has 0 bridgehead atoms. The molecule has 1 fully saturated rings. The standard InChI is InChI=1S/C22H27N5O2/c1-15-10-11-18(14-16(15)2)26-12-13-27-19(24-25-21(27)22(26)29)8-5-9-20(28)23-17-6-3-4-7-17/h10-14,17H,3-9H2,1-2H3,(H,23,28). The molecule has 0 atom stereocenters. The number of aryl methyl sites for hydroxylation is 3. The normalized spacial score (nSPS) is 14.6. The fraction of sp³-hybridized carbons (Fsp3) is 0.455. The van der Waals surface area contributed by atoms with Crippen molar-refractivity contribution in [3.8, 4) is 5.69 Å². The summed E-state index contributed by atoms with van der Waals surface area (Å²) in [5.74, 6) is 0.806. The summed E-state index contributed by atoms with van der Waals surface area (Å²) in [5.41, 5.74) is 3.23. The second-order valence-corrected chi connectivity index (χ2v) is 7.95. The van der Waals surface area contributed by atoms with Crippen LogP contribution >= 0.6 is 0 Å². The topological polar surface area (TPSA) is 81.3 Å². The summed E-state index contributed by atoms with van der Waals surface area (Å²) in [6.07, 6.45) is 9.91. The van der Waals surface area contributed by atoms with Gasteiger partial charge in [-0.05, 0) is 56.4 Å². The van der Waals surface area contributed by atoms with E-state index in [9.17, 15) is 9.59 Å². The molecule has 1 N–H and O–H groups in total. The average molecular weight is 393 g/mol. The van der Waals surface area contributed by atoms with Gasteiger partial charge >= 0.3 is 5.56 Å². The number of nitrogens with one attached hydrogen (secondary N) is 1. The third kappa shape index (κ3) is 4.09. The molecule has 1 amide bonds. The van der Waals surface area contributed by atoms with Gasteiger partial charge in [-0.2, -0.15) is 0 Å². The van der Waals surface area contributed by atoms with Gasteiger partial charge in [0.15, 0.2) is 0 Å². The first-order valence-electron chi connectivity index (χ1n) is 10.3. The summed E-state index contributed by atoms with van der Waals surface area (Å²) in [7, 11) is 0. The van der Waals surface area contributed by atoms with E-state index >= 15 is 0 Å². The first kappa shape index (κ1) is 19.4. The number of hydrogen-bond acceptors (Lipinski definition) is 4. The van der Waals surface area contributed by atoms with Crippen LogP contribution < -0.4 is 10.9 Å². The Labute approximate surface area is 169 Å². The zero-order valence-electron chi connectivity index (χ0n) is 17.0. The lowest BCUT2D eigenvalue weighted by molar-refractivity contribution is -0.121. The lowest BCUT2D eigenvalue weighted by Crippen LogP contribution is -2.32. The Hall–Kier alpha value is -2.96. The van der Waals surface area contributed by atoms with Gasteiger partial charge < -0.3 is 5.32 Å². The van der Waals surface area contributed by atoms with E-state index in [4.69, 9.17) is 0 Å². The average Bonchev–Trinajstić information content (AvgIpc) is 3.35. The second kappa shape index (κ2) is 8.19. The van der Waals surface area contributed by atoms with Crippen LogP contribution in [-0.4, -0.2) is 31.1 Å². The number of fused-ring (bicyclic) bond motifs is 1. The Kier molecular flexibility index (Phi) is 5.47. The summed E-state index contributed by atoms with van der Waals surface area (Å²) in [4.78, 5) is 25.0. The van der Waals surface area contributed by atoms with Gasteiger partial charge in [-0.15, -0.1) is 10.2 Å². The fourth-order valence-corrected chi connectivity index (χ4v) is 3.96. The number of nitrogens with zero attached hydrogens (tertiary/aromatic N) is 4. The molecular weight excluding hydrogens is 366 g/mol. The lowest BCUT2D eigenvalue weighted by Gasteiger charge is -2.11. The van der Waals surface area contributed by atoms with E-state index in [1.165, 1.54) is 18.4 Å². The third-order valence-corrected chi connectivity index (χ3v) is 5.83. The zero-order valence-corrected chi connectivity index (χ0v) is 17.0. The van der Waals surface area contributed by atoms with E-state index in [0.29, 0.717) is 36.8 Å². The molecule has 0 saturated heterocycles. The summed E-state index contributed by atoms with van der Waals surface area (Å²) in [6, 6.07) is 6.28. The van der Waals surface area contributed by atoms with E-state index in [1.54, 1.807) is 15.2 Å². The molecule has 4 rings (SSSR count). The minimum Gasteiger partial charge on any atom is -0.353 e. The van der Waals surface area contributed by atoms with Crippen molar-refractivity contribution in [2.45, 2.75) is 64.8 Å². The molecular formula is C22H27N5O2. The van der Waals surface area contributed by atoms with E-state index < -0.39 is 0 Å². The van der Waals surface area contributed by atoms with Gasteiger partial charge in [-0.3, -0.25) is 18.6 Å². The molecule has 0 unspecified atom stereocenters. The van der Waals surface area contributed by atoms with Gasteiger partial charge in [0.25, 0.3) is 0 Å². The Balaban J connectivity index is 1.46. The quantitative estimate of drug-likeness (QED) is 0.698. The fourth-order valence-electron chi connectivity index (χ4n) is 3.96. The molecule has 152 valence electrons. The Bertz CT molecular complexity index is 1090. The number of carbonyl (C=O) groups is 1. The van der Waals surface area contributed by atoms with Crippen molar-refractivity contribution in [2.24, 2.45) is 0 Å². The molecule has 0 spiro atoms. The second-order valence-electron chi connectivity index (χ2n) is 7.95. The van der Waals surface area contributed by atoms with E-state index in [-0.39, 0.29) is 11.5 Å². The molecule has 29 heavy (non-hydrogen) atoms. The highest BCUT2D eigenvalue weighted by Gasteiger charge is 2.17. The molecule has 2 heterocycles. The third-order valence-electron chi connectivity index (χ3n) is 5.83. The largest absolute Gasteiger partial charge is 0.353 e. The SMILES string of the molecule is Cc1ccc(-n2ccn3c(CCCC(=O)NC4CCCC4)nnc3c2=O)cc1C. The van der Waals surface area contributed by atoms with Gasteiger partial charge in [0.05, 0.1) is 0 Å². The predicted octanol–water partition coefficient (Wildman–Crippen LogP) is 2.88. The maximum Gasteiger partial charge on any atom is 0.300 e. The smallest absolute Gasteiger partial charge is 0.300 e. The molecule has 2 aromatic heterocycles. The van der Waals surface area contributed by atoms with Crippen LogP contribution in [0.2, 0.25) is 0 Å². The number of carbonyl (C=O) groups excluding carboxylic acids is 1. The van der Waals surface area contributed by atoms with Crippen LogP contribution in [-0.2, 0) is 11.2 Å². The molecule has 7 nitrogen and oxygen atoms in total. The van der Waals surface area contributed by atoms with E-state index in [0.717, 1.165) is 24.1 Å². The van der Waals surface area contributed by atoms with Gasteiger partial charge in [-0.1, -0.05) is 18.9 Å². The minimum absolute atomic E-state index is 0.0998. The zero-order chi connectivity index (χ0) is 20.4. The summed E-state index contributed by atoms with van der Waals surface area (Å²) in [6.45, 7) is 4.07. The highest BCUT2D eigenvalue weighted by molar-refractivity contribution is 5.76. The van der Waals surface area contributed by atoms with Crippen LogP contribution in [0, 0.1) is 13.8 Å². The number of benzene rings is 1. The number of rotatable bonds is 6. The molecule has 0 aliphatic heterocycles. The molecule has 1 aromatic carbocycles. The van der Waals surface area contributed by atoms with Crippen molar-refractivity contribution in [1.29, 1.82) is 0 Å². The molecule has 1 aliphatic carbocycles.